The highest BCUT2D eigenvalue weighted by Gasteiger charge is 2.13. The number of ether oxygens (including phenoxy) is 2. The average Bonchev–Trinajstić information content (AvgIpc) is 2.45. The molecular formula is C15H10O7. The molecule has 0 fully saturated rings. The van der Waals surface area contributed by atoms with Crippen LogP contribution in [0.1, 0.15) is 5.56 Å². The van der Waals surface area contributed by atoms with Crippen molar-refractivity contribution in [3.8, 4) is 5.95 Å². The average molecular weight is 302 g/mol. The number of aryl methyl sites for hydroxylation is 1. The van der Waals surface area contributed by atoms with Crippen LogP contribution in [0.3, 0.4) is 0 Å². The Morgan fingerprint density at radius 3 is 2.45 bits per heavy atom. The van der Waals surface area contributed by atoms with Gasteiger partial charge >= 0.3 is 11.8 Å². The van der Waals surface area contributed by atoms with Gasteiger partial charge in [-0.1, -0.05) is 0 Å². The first kappa shape index (κ1) is 13.9. The van der Waals surface area contributed by atoms with Crippen molar-refractivity contribution in [3.63, 3.8) is 0 Å². The molecule has 0 saturated heterocycles. The van der Waals surface area contributed by atoms with Crippen molar-refractivity contribution in [2.75, 3.05) is 7.11 Å². The van der Waals surface area contributed by atoms with Gasteiger partial charge in [-0.05, 0) is 18.6 Å². The third kappa shape index (κ3) is 2.32. The second kappa shape index (κ2) is 5.03. The summed E-state index contributed by atoms with van der Waals surface area (Å²) in [5, 5.41) is 0.905. The van der Waals surface area contributed by atoms with E-state index >= 15 is 0 Å². The first-order valence-corrected chi connectivity index (χ1v) is 6.26. The van der Waals surface area contributed by atoms with Crippen LogP contribution in [0.2, 0.25) is 0 Å². The molecule has 2 aromatic heterocycles. The summed E-state index contributed by atoms with van der Waals surface area (Å²) in [5.41, 5.74) is 0.187. The van der Waals surface area contributed by atoms with Gasteiger partial charge in [-0.2, -0.15) is 0 Å². The fraction of sp³-hybridized carbons (Fsp3) is 0.133. The predicted molar refractivity (Wildman–Crippen MR) is 76.3 cm³/mol. The summed E-state index contributed by atoms with van der Waals surface area (Å²) in [6.45, 7) is 1.74. The SMILES string of the molecule is COC(=O)Oc1cc(=O)c2cc3c(C)cc(=O)oc3cc2o1. The first-order chi connectivity index (χ1) is 10.5. The first-order valence-electron chi connectivity index (χ1n) is 6.26. The summed E-state index contributed by atoms with van der Waals surface area (Å²) in [5.74, 6) is -0.307. The molecule has 7 nitrogen and oxygen atoms in total. The molecule has 2 heterocycles. The van der Waals surface area contributed by atoms with Crippen molar-refractivity contribution in [2.45, 2.75) is 6.92 Å². The van der Waals surface area contributed by atoms with Crippen LogP contribution in [0, 0.1) is 6.92 Å². The van der Waals surface area contributed by atoms with E-state index in [1.54, 1.807) is 13.0 Å². The molecule has 0 bridgehead atoms. The molecule has 1 aromatic carbocycles. The van der Waals surface area contributed by atoms with Crippen LogP contribution in [-0.4, -0.2) is 13.3 Å². The normalized spacial score (nSPS) is 10.8. The topological polar surface area (TPSA) is 96.0 Å². The van der Waals surface area contributed by atoms with Crippen LogP contribution in [0.25, 0.3) is 21.9 Å². The molecule has 112 valence electrons. The lowest BCUT2D eigenvalue weighted by atomic mass is 10.1. The maximum Gasteiger partial charge on any atom is 0.516 e. The number of carbonyl (C=O) groups excluding carboxylic acids is 1. The van der Waals surface area contributed by atoms with Gasteiger partial charge in [0.2, 0.25) is 0 Å². The summed E-state index contributed by atoms with van der Waals surface area (Å²) in [6.07, 6.45) is -1.01. The van der Waals surface area contributed by atoms with Gasteiger partial charge in [0.05, 0.1) is 18.6 Å². The lowest BCUT2D eigenvalue weighted by Gasteiger charge is -2.05. The number of hydrogen-bond donors (Lipinski definition) is 0. The zero-order valence-electron chi connectivity index (χ0n) is 11.7. The minimum Gasteiger partial charge on any atom is -0.437 e. The van der Waals surface area contributed by atoms with Crippen LogP contribution in [0.4, 0.5) is 4.79 Å². The van der Waals surface area contributed by atoms with Crippen LogP contribution in [0.15, 0.2) is 42.7 Å². The third-order valence-electron chi connectivity index (χ3n) is 3.13. The molecule has 3 rings (SSSR count). The Hall–Kier alpha value is -3.09. The number of rotatable bonds is 1. The van der Waals surface area contributed by atoms with E-state index in [0.717, 1.165) is 13.2 Å². The largest absolute Gasteiger partial charge is 0.516 e. The van der Waals surface area contributed by atoms with E-state index in [-0.39, 0.29) is 22.5 Å². The predicted octanol–water partition coefficient (Wildman–Crippen LogP) is 2.35. The van der Waals surface area contributed by atoms with Crippen LogP contribution in [0.5, 0.6) is 5.95 Å². The minimum absolute atomic E-state index is 0.132. The van der Waals surface area contributed by atoms with Crippen molar-refractivity contribution in [2.24, 2.45) is 0 Å². The summed E-state index contributed by atoms with van der Waals surface area (Å²) in [6, 6.07) is 5.35. The molecule has 7 heteroatoms. The fourth-order valence-electron chi connectivity index (χ4n) is 2.12. The van der Waals surface area contributed by atoms with E-state index in [2.05, 4.69) is 4.74 Å². The zero-order chi connectivity index (χ0) is 15.9. The maximum atomic E-state index is 12.1. The standard InChI is InChI=1S/C15H10O7/c1-7-3-13(17)20-11-6-12-9(4-8(7)11)10(16)5-14(21-12)22-15(18)19-2/h3-6H,1-2H3. The van der Waals surface area contributed by atoms with Crippen LogP contribution in [-0.2, 0) is 4.74 Å². The van der Waals surface area contributed by atoms with E-state index in [1.165, 1.54) is 12.1 Å². The number of methoxy groups -OCH3 is 1. The Morgan fingerprint density at radius 2 is 1.73 bits per heavy atom. The molecule has 0 saturated carbocycles. The minimum atomic E-state index is -1.01. The smallest absolute Gasteiger partial charge is 0.437 e. The fourth-order valence-corrected chi connectivity index (χ4v) is 2.12. The molecule has 0 atom stereocenters. The number of hydrogen-bond acceptors (Lipinski definition) is 7. The molecular weight excluding hydrogens is 292 g/mol. The van der Waals surface area contributed by atoms with E-state index < -0.39 is 17.2 Å². The molecule has 3 aromatic rings. The Labute approximate surface area is 122 Å². The Bertz CT molecular complexity index is 1010. The summed E-state index contributed by atoms with van der Waals surface area (Å²) >= 11 is 0. The monoisotopic (exact) mass is 302 g/mol. The second-order valence-corrected chi connectivity index (χ2v) is 4.58. The van der Waals surface area contributed by atoms with E-state index in [1.807, 2.05) is 0 Å². The number of carbonyl (C=O) groups is 1. The van der Waals surface area contributed by atoms with Crippen molar-refractivity contribution >= 4 is 28.1 Å². The van der Waals surface area contributed by atoms with Gasteiger partial charge in [-0.15, -0.1) is 0 Å². The molecule has 22 heavy (non-hydrogen) atoms. The van der Waals surface area contributed by atoms with Gasteiger partial charge in [0, 0.05) is 17.5 Å². The Balaban J connectivity index is 2.29. The molecule has 0 unspecified atom stereocenters. The molecule has 0 spiro atoms. The Kier molecular flexibility index (Phi) is 3.17. The van der Waals surface area contributed by atoms with Gasteiger partial charge < -0.3 is 18.3 Å². The van der Waals surface area contributed by atoms with Crippen molar-refractivity contribution in [1.82, 2.24) is 0 Å². The van der Waals surface area contributed by atoms with Gasteiger partial charge in [0.1, 0.15) is 11.2 Å². The molecule has 0 aliphatic rings. The van der Waals surface area contributed by atoms with E-state index in [9.17, 15) is 14.4 Å². The van der Waals surface area contributed by atoms with Gasteiger partial charge in [0.15, 0.2) is 5.43 Å². The van der Waals surface area contributed by atoms with E-state index in [0.29, 0.717) is 10.9 Å². The quantitative estimate of drug-likeness (QED) is 0.386. The summed E-state index contributed by atoms with van der Waals surface area (Å²) in [7, 11) is 1.13. The van der Waals surface area contributed by atoms with Crippen molar-refractivity contribution in [3.05, 3.63) is 50.5 Å². The highest BCUT2D eigenvalue weighted by Crippen LogP contribution is 2.25. The lowest BCUT2D eigenvalue weighted by Crippen LogP contribution is -2.10. The molecule has 0 radical (unpaired) electrons. The lowest BCUT2D eigenvalue weighted by molar-refractivity contribution is 0.111. The van der Waals surface area contributed by atoms with Crippen LogP contribution >= 0.6 is 0 Å². The molecule has 0 N–H and O–H groups in total. The molecule has 0 aliphatic carbocycles. The van der Waals surface area contributed by atoms with Gasteiger partial charge in [0.25, 0.3) is 5.95 Å². The van der Waals surface area contributed by atoms with Crippen LogP contribution < -0.4 is 15.8 Å². The summed E-state index contributed by atoms with van der Waals surface area (Å²) in [4.78, 5) is 34.6. The maximum absolute atomic E-state index is 12.1. The van der Waals surface area contributed by atoms with E-state index in [4.69, 9.17) is 13.6 Å². The van der Waals surface area contributed by atoms with Gasteiger partial charge in [-0.25, -0.2) is 9.59 Å². The van der Waals surface area contributed by atoms with Crippen molar-refractivity contribution < 1.29 is 23.1 Å². The Morgan fingerprint density at radius 1 is 1.00 bits per heavy atom. The van der Waals surface area contributed by atoms with Gasteiger partial charge in [-0.3, -0.25) is 4.79 Å². The number of benzene rings is 1. The number of fused-ring (bicyclic) bond motifs is 2. The molecule has 0 aliphatic heterocycles. The van der Waals surface area contributed by atoms with Crippen molar-refractivity contribution in [1.29, 1.82) is 0 Å². The second-order valence-electron chi connectivity index (χ2n) is 4.58. The highest BCUT2D eigenvalue weighted by atomic mass is 16.7. The third-order valence-corrected chi connectivity index (χ3v) is 3.13. The zero-order valence-corrected chi connectivity index (χ0v) is 11.7. The summed E-state index contributed by atoms with van der Waals surface area (Å²) < 4.78 is 19.4. The molecule has 0 amide bonds. The highest BCUT2D eigenvalue weighted by molar-refractivity contribution is 5.94.